The fraction of sp³-hybridized carbons (Fsp3) is 0.0909. The third-order valence-electron chi connectivity index (χ3n) is 4.47. The van der Waals surface area contributed by atoms with Crippen molar-refractivity contribution in [2.75, 3.05) is 12.4 Å². The van der Waals surface area contributed by atoms with E-state index in [-0.39, 0.29) is 6.42 Å². The van der Waals surface area contributed by atoms with E-state index in [1.165, 1.54) is 0 Å². The Morgan fingerprint density at radius 3 is 2.22 bits per heavy atom. The zero-order valence-corrected chi connectivity index (χ0v) is 14.8. The highest BCUT2D eigenvalue weighted by Crippen LogP contribution is 2.36. The fourth-order valence-corrected chi connectivity index (χ4v) is 3.23. The average molecular weight is 358 g/mol. The van der Waals surface area contributed by atoms with Crippen LogP contribution in [0, 0.1) is 0 Å². The number of nitrogens with zero attached hydrogens (tertiary/aromatic N) is 1. The first-order chi connectivity index (χ1) is 13.2. The Hall–Kier alpha value is -3.60. The van der Waals surface area contributed by atoms with Gasteiger partial charge in [-0.15, -0.1) is 0 Å². The lowest BCUT2D eigenvalue weighted by molar-refractivity contribution is -0.136. The molecule has 27 heavy (non-hydrogen) atoms. The fourth-order valence-electron chi connectivity index (χ4n) is 3.23. The molecule has 3 aromatic carbocycles. The molecule has 0 aliphatic rings. The summed E-state index contributed by atoms with van der Waals surface area (Å²) in [4.78, 5) is 15.7. The number of anilines is 2. The number of ether oxygens (including phenoxy) is 1. The number of benzene rings is 3. The number of aliphatic carboxylic acids is 1. The first kappa shape index (κ1) is 16.8. The SMILES string of the molecule is COc1cc(CC(=O)O)ccc1Nc1c2ccccc2nc2ccccc12. The van der Waals surface area contributed by atoms with Gasteiger partial charge in [0, 0.05) is 10.8 Å². The first-order valence-electron chi connectivity index (χ1n) is 8.59. The molecule has 0 unspecified atom stereocenters. The van der Waals surface area contributed by atoms with Gasteiger partial charge in [-0.3, -0.25) is 4.79 Å². The number of nitrogens with one attached hydrogen (secondary N) is 1. The number of hydrogen-bond acceptors (Lipinski definition) is 4. The maximum absolute atomic E-state index is 11.0. The molecule has 4 aromatic rings. The minimum atomic E-state index is -0.871. The van der Waals surface area contributed by atoms with Gasteiger partial charge in [0.25, 0.3) is 0 Å². The second-order valence-electron chi connectivity index (χ2n) is 6.25. The van der Waals surface area contributed by atoms with Crippen LogP contribution in [0.2, 0.25) is 0 Å². The van der Waals surface area contributed by atoms with Crippen LogP contribution in [0.4, 0.5) is 11.4 Å². The summed E-state index contributed by atoms with van der Waals surface area (Å²) in [6.07, 6.45) is -0.0439. The third kappa shape index (κ3) is 3.27. The lowest BCUT2D eigenvalue weighted by Crippen LogP contribution is -2.02. The average Bonchev–Trinajstić information content (AvgIpc) is 2.68. The van der Waals surface area contributed by atoms with Gasteiger partial charge in [0.1, 0.15) is 5.75 Å². The number of aromatic nitrogens is 1. The molecular weight excluding hydrogens is 340 g/mol. The number of fused-ring (bicyclic) bond motifs is 2. The highest BCUT2D eigenvalue weighted by atomic mass is 16.5. The van der Waals surface area contributed by atoms with Gasteiger partial charge in [-0.25, -0.2) is 4.98 Å². The van der Waals surface area contributed by atoms with E-state index in [9.17, 15) is 4.79 Å². The van der Waals surface area contributed by atoms with Crippen molar-refractivity contribution in [3.63, 3.8) is 0 Å². The summed E-state index contributed by atoms with van der Waals surface area (Å²) in [6, 6.07) is 21.3. The molecule has 4 rings (SSSR count). The molecule has 0 aliphatic heterocycles. The minimum absolute atomic E-state index is 0.0439. The summed E-state index contributed by atoms with van der Waals surface area (Å²) in [6.45, 7) is 0. The van der Waals surface area contributed by atoms with Crippen molar-refractivity contribution in [1.29, 1.82) is 0 Å². The highest BCUT2D eigenvalue weighted by Gasteiger charge is 2.12. The van der Waals surface area contributed by atoms with E-state index in [4.69, 9.17) is 14.8 Å². The lowest BCUT2D eigenvalue weighted by Gasteiger charge is -2.16. The predicted octanol–water partition coefficient (Wildman–Crippen LogP) is 4.77. The molecule has 0 atom stereocenters. The van der Waals surface area contributed by atoms with Gasteiger partial charge in [-0.05, 0) is 29.8 Å². The van der Waals surface area contributed by atoms with Gasteiger partial charge < -0.3 is 15.2 Å². The van der Waals surface area contributed by atoms with E-state index in [0.717, 1.165) is 33.2 Å². The maximum Gasteiger partial charge on any atom is 0.307 e. The van der Waals surface area contributed by atoms with Crippen molar-refractivity contribution in [3.8, 4) is 5.75 Å². The van der Waals surface area contributed by atoms with Gasteiger partial charge >= 0.3 is 5.97 Å². The molecular formula is C22H18N2O3. The molecule has 134 valence electrons. The van der Waals surface area contributed by atoms with Gasteiger partial charge in [0.05, 0.1) is 35.9 Å². The quantitative estimate of drug-likeness (QED) is 0.503. The van der Waals surface area contributed by atoms with Crippen LogP contribution >= 0.6 is 0 Å². The summed E-state index contributed by atoms with van der Waals surface area (Å²) < 4.78 is 5.49. The number of carboxylic acids is 1. The molecule has 1 heterocycles. The number of hydrogen-bond donors (Lipinski definition) is 2. The van der Waals surface area contributed by atoms with Crippen LogP contribution in [0.1, 0.15) is 5.56 Å². The second-order valence-corrected chi connectivity index (χ2v) is 6.25. The van der Waals surface area contributed by atoms with Crippen LogP contribution in [-0.2, 0) is 11.2 Å². The van der Waals surface area contributed by atoms with Crippen molar-refractivity contribution in [2.24, 2.45) is 0 Å². The van der Waals surface area contributed by atoms with Crippen LogP contribution in [0.15, 0.2) is 66.7 Å². The molecule has 0 fully saturated rings. The van der Waals surface area contributed by atoms with Crippen molar-refractivity contribution >= 4 is 39.1 Å². The summed E-state index contributed by atoms with van der Waals surface area (Å²) in [5.74, 6) is -0.275. The highest BCUT2D eigenvalue weighted by molar-refractivity contribution is 6.08. The standard InChI is InChI=1S/C22H18N2O3/c1-27-20-12-14(13-21(25)26)10-11-19(20)24-22-15-6-2-4-8-17(15)23-18-9-5-3-7-16(18)22/h2-12H,13H2,1H3,(H,23,24)(H,25,26). The van der Waals surface area contributed by atoms with Crippen LogP contribution in [-0.4, -0.2) is 23.2 Å². The normalized spacial score (nSPS) is 10.9. The van der Waals surface area contributed by atoms with E-state index in [2.05, 4.69) is 5.32 Å². The topological polar surface area (TPSA) is 71.5 Å². The Morgan fingerprint density at radius 2 is 1.63 bits per heavy atom. The Balaban J connectivity index is 1.86. The molecule has 0 radical (unpaired) electrons. The Kier molecular flexibility index (Phi) is 4.34. The molecule has 0 amide bonds. The van der Waals surface area contributed by atoms with Crippen molar-refractivity contribution in [3.05, 3.63) is 72.3 Å². The molecule has 0 saturated heterocycles. The number of carbonyl (C=O) groups is 1. The largest absolute Gasteiger partial charge is 0.495 e. The number of pyridine rings is 1. The van der Waals surface area contributed by atoms with E-state index in [1.54, 1.807) is 19.2 Å². The first-order valence-corrected chi connectivity index (χ1v) is 8.59. The molecule has 0 saturated carbocycles. The van der Waals surface area contributed by atoms with Crippen LogP contribution < -0.4 is 10.1 Å². The second kappa shape index (κ2) is 6.96. The molecule has 0 spiro atoms. The van der Waals surface area contributed by atoms with E-state index < -0.39 is 5.97 Å². The smallest absolute Gasteiger partial charge is 0.307 e. The van der Waals surface area contributed by atoms with E-state index in [0.29, 0.717) is 11.3 Å². The van der Waals surface area contributed by atoms with Gasteiger partial charge in [0.2, 0.25) is 0 Å². The zero-order chi connectivity index (χ0) is 18.8. The van der Waals surface area contributed by atoms with E-state index in [1.807, 2.05) is 54.6 Å². The van der Waals surface area contributed by atoms with Gasteiger partial charge in [-0.1, -0.05) is 42.5 Å². The molecule has 5 nitrogen and oxygen atoms in total. The predicted molar refractivity (Wildman–Crippen MR) is 107 cm³/mol. The summed E-state index contributed by atoms with van der Waals surface area (Å²) in [7, 11) is 1.58. The van der Waals surface area contributed by atoms with Crippen molar-refractivity contribution < 1.29 is 14.6 Å². The third-order valence-corrected chi connectivity index (χ3v) is 4.47. The van der Waals surface area contributed by atoms with Gasteiger partial charge in [-0.2, -0.15) is 0 Å². The van der Waals surface area contributed by atoms with Crippen molar-refractivity contribution in [2.45, 2.75) is 6.42 Å². The molecule has 5 heteroatoms. The van der Waals surface area contributed by atoms with Crippen LogP contribution in [0.3, 0.4) is 0 Å². The molecule has 1 aromatic heterocycles. The zero-order valence-electron chi connectivity index (χ0n) is 14.8. The number of rotatable bonds is 5. The monoisotopic (exact) mass is 358 g/mol. The lowest BCUT2D eigenvalue weighted by atomic mass is 10.1. The molecule has 0 aliphatic carbocycles. The van der Waals surface area contributed by atoms with Crippen molar-refractivity contribution in [1.82, 2.24) is 4.98 Å². The molecule has 0 bridgehead atoms. The minimum Gasteiger partial charge on any atom is -0.495 e. The summed E-state index contributed by atoms with van der Waals surface area (Å²) >= 11 is 0. The summed E-state index contributed by atoms with van der Waals surface area (Å²) in [5, 5.41) is 14.5. The van der Waals surface area contributed by atoms with Crippen LogP contribution in [0.25, 0.3) is 21.8 Å². The van der Waals surface area contributed by atoms with Gasteiger partial charge in [0.15, 0.2) is 0 Å². The maximum atomic E-state index is 11.0. The number of para-hydroxylation sites is 2. The number of methoxy groups -OCH3 is 1. The molecule has 2 N–H and O–H groups in total. The van der Waals surface area contributed by atoms with E-state index >= 15 is 0 Å². The van der Waals surface area contributed by atoms with Crippen LogP contribution in [0.5, 0.6) is 5.75 Å². The Labute approximate surface area is 156 Å². The Bertz CT molecular complexity index is 1100. The summed E-state index contributed by atoms with van der Waals surface area (Å²) in [5.41, 5.74) is 4.21. The Morgan fingerprint density at radius 1 is 1.00 bits per heavy atom. The number of carboxylic acid groups (broad SMARTS) is 1.